The van der Waals surface area contributed by atoms with Gasteiger partial charge in [-0.25, -0.2) is 4.79 Å². The van der Waals surface area contributed by atoms with Gasteiger partial charge in [0.2, 0.25) is 0 Å². The van der Waals surface area contributed by atoms with Crippen LogP contribution in [0.4, 0.5) is 0 Å². The molecule has 0 N–H and O–H groups in total. The Balaban J connectivity index is 1.77. The molecular weight excluding hydrogens is 404 g/mol. The number of benzene rings is 3. The van der Waals surface area contributed by atoms with E-state index in [1.54, 1.807) is 33.5 Å². The van der Waals surface area contributed by atoms with Gasteiger partial charge in [0.05, 0.1) is 34.0 Å². The molecule has 0 unspecified atom stereocenters. The molecule has 0 radical (unpaired) electrons. The van der Waals surface area contributed by atoms with Gasteiger partial charge in [-0.15, -0.1) is 0 Å². The van der Waals surface area contributed by atoms with Crippen LogP contribution in [0.2, 0.25) is 0 Å². The number of esters is 1. The highest BCUT2D eigenvalue weighted by atomic mass is 16.5. The van der Waals surface area contributed by atoms with E-state index >= 15 is 0 Å². The molecule has 0 spiro atoms. The molecule has 0 saturated carbocycles. The summed E-state index contributed by atoms with van der Waals surface area (Å²) in [6.07, 6.45) is 3.52. The maximum atomic E-state index is 11.6. The average molecular weight is 435 g/mol. The predicted molar refractivity (Wildman–Crippen MR) is 125 cm³/mol. The van der Waals surface area contributed by atoms with Gasteiger partial charge < -0.3 is 18.9 Å². The largest absolute Gasteiger partial charge is 0.497 e. The van der Waals surface area contributed by atoms with Crippen molar-refractivity contribution < 1.29 is 23.7 Å². The third-order valence-electron chi connectivity index (χ3n) is 5.61. The van der Waals surface area contributed by atoms with E-state index in [2.05, 4.69) is 24.3 Å². The van der Waals surface area contributed by atoms with E-state index in [9.17, 15) is 4.79 Å². The molecule has 0 bridgehead atoms. The Kier molecular flexibility index (Phi) is 8.14. The van der Waals surface area contributed by atoms with Crippen LogP contribution in [0.1, 0.15) is 32.6 Å². The van der Waals surface area contributed by atoms with Crippen molar-refractivity contribution >= 4 is 5.97 Å². The van der Waals surface area contributed by atoms with Crippen LogP contribution in [-0.2, 0) is 30.4 Å². The lowest BCUT2D eigenvalue weighted by atomic mass is 9.94. The first-order chi connectivity index (χ1) is 15.6. The first kappa shape index (κ1) is 23.2. The van der Waals surface area contributed by atoms with Crippen LogP contribution in [0.5, 0.6) is 17.2 Å². The summed E-state index contributed by atoms with van der Waals surface area (Å²) < 4.78 is 21.1. The standard InChI is InChI=1S/C27H30O5/c1-29-24-15-9-20(10-16-24)8-14-23-18-26(31-3)25(30-2)17-22(23)13-7-19-5-11-21(12-6-19)27(28)32-4/h5-6,9-12,15-18H,7-8,13-14H2,1-4H3. The Morgan fingerprint density at radius 2 is 1.09 bits per heavy atom. The summed E-state index contributed by atoms with van der Waals surface area (Å²) in [7, 11) is 6.38. The van der Waals surface area contributed by atoms with E-state index in [0.29, 0.717) is 5.56 Å². The topological polar surface area (TPSA) is 54.0 Å². The van der Waals surface area contributed by atoms with E-state index in [-0.39, 0.29) is 5.97 Å². The molecule has 32 heavy (non-hydrogen) atoms. The Bertz CT molecular complexity index is 1020. The van der Waals surface area contributed by atoms with Gasteiger partial charge in [0.1, 0.15) is 5.75 Å². The zero-order valence-electron chi connectivity index (χ0n) is 19.1. The van der Waals surface area contributed by atoms with Crippen molar-refractivity contribution in [3.8, 4) is 17.2 Å². The van der Waals surface area contributed by atoms with Gasteiger partial charge in [-0.3, -0.25) is 0 Å². The zero-order chi connectivity index (χ0) is 22.9. The van der Waals surface area contributed by atoms with Crippen LogP contribution in [0.15, 0.2) is 60.7 Å². The first-order valence-corrected chi connectivity index (χ1v) is 10.6. The minimum atomic E-state index is -0.322. The number of aryl methyl sites for hydroxylation is 4. The number of carbonyl (C=O) groups excluding carboxylic acids is 1. The van der Waals surface area contributed by atoms with Gasteiger partial charge in [0, 0.05) is 0 Å². The second-order valence-corrected chi connectivity index (χ2v) is 7.51. The third-order valence-corrected chi connectivity index (χ3v) is 5.61. The van der Waals surface area contributed by atoms with Crippen LogP contribution < -0.4 is 14.2 Å². The second-order valence-electron chi connectivity index (χ2n) is 7.51. The minimum absolute atomic E-state index is 0.322. The number of ether oxygens (including phenoxy) is 4. The molecule has 0 atom stereocenters. The highest BCUT2D eigenvalue weighted by Crippen LogP contribution is 2.32. The van der Waals surface area contributed by atoms with Crippen molar-refractivity contribution in [1.29, 1.82) is 0 Å². The fourth-order valence-electron chi connectivity index (χ4n) is 3.70. The van der Waals surface area contributed by atoms with Crippen molar-refractivity contribution in [2.45, 2.75) is 25.7 Å². The fourth-order valence-corrected chi connectivity index (χ4v) is 3.70. The Hall–Kier alpha value is -3.47. The van der Waals surface area contributed by atoms with Crippen LogP contribution in [0.25, 0.3) is 0 Å². The van der Waals surface area contributed by atoms with Crippen LogP contribution in [0, 0.1) is 0 Å². The Morgan fingerprint density at radius 1 is 0.625 bits per heavy atom. The van der Waals surface area contributed by atoms with E-state index in [0.717, 1.165) is 48.5 Å². The maximum Gasteiger partial charge on any atom is 0.337 e. The van der Waals surface area contributed by atoms with Gasteiger partial charge >= 0.3 is 5.97 Å². The molecule has 5 heteroatoms. The van der Waals surface area contributed by atoms with Crippen molar-refractivity contribution in [3.63, 3.8) is 0 Å². The predicted octanol–water partition coefficient (Wildman–Crippen LogP) is 5.07. The van der Waals surface area contributed by atoms with Crippen molar-refractivity contribution in [2.75, 3.05) is 28.4 Å². The van der Waals surface area contributed by atoms with Gasteiger partial charge in [0.15, 0.2) is 11.5 Å². The van der Waals surface area contributed by atoms with E-state index in [1.807, 2.05) is 24.3 Å². The van der Waals surface area contributed by atoms with Crippen LogP contribution in [-0.4, -0.2) is 34.4 Å². The SMILES string of the molecule is COC(=O)c1ccc(CCc2cc(OC)c(OC)cc2CCc2ccc(OC)cc2)cc1. The fraction of sp³-hybridized carbons (Fsp3) is 0.296. The second kappa shape index (κ2) is 11.2. The number of rotatable bonds is 10. The third kappa shape index (κ3) is 5.82. The molecule has 0 aliphatic heterocycles. The number of hydrogen-bond acceptors (Lipinski definition) is 5. The van der Waals surface area contributed by atoms with Crippen LogP contribution in [0.3, 0.4) is 0 Å². The van der Waals surface area contributed by atoms with Crippen molar-refractivity contribution in [1.82, 2.24) is 0 Å². The van der Waals surface area contributed by atoms with E-state index < -0.39 is 0 Å². The van der Waals surface area contributed by atoms with Gasteiger partial charge in [-0.1, -0.05) is 24.3 Å². The number of hydrogen-bond donors (Lipinski definition) is 0. The van der Waals surface area contributed by atoms with Crippen LogP contribution >= 0.6 is 0 Å². The molecule has 3 rings (SSSR count). The highest BCUT2D eigenvalue weighted by molar-refractivity contribution is 5.89. The molecule has 3 aromatic carbocycles. The van der Waals surface area contributed by atoms with Gasteiger partial charge in [-0.2, -0.15) is 0 Å². The molecule has 5 nitrogen and oxygen atoms in total. The lowest BCUT2D eigenvalue weighted by Gasteiger charge is -2.15. The monoisotopic (exact) mass is 434 g/mol. The summed E-state index contributed by atoms with van der Waals surface area (Å²) in [4.78, 5) is 11.6. The minimum Gasteiger partial charge on any atom is -0.497 e. The number of carbonyl (C=O) groups is 1. The lowest BCUT2D eigenvalue weighted by molar-refractivity contribution is 0.0600. The normalized spacial score (nSPS) is 10.5. The van der Waals surface area contributed by atoms with E-state index in [4.69, 9.17) is 18.9 Å². The highest BCUT2D eigenvalue weighted by Gasteiger charge is 2.12. The molecule has 0 amide bonds. The smallest absolute Gasteiger partial charge is 0.337 e. The lowest BCUT2D eigenvalue weighted by Crippen LogP contribution is -2.03. The number of methoxy groups -OCH3 is 4. The molecule has 0 fully saturated rings. The molecular formula is C27H30O5. The quantitative estimate of drug-likeness (QED) is 0.417. The van der Waals surface area contributed by atoms with E-state index in [1.165, 1.54) is 23.8 Å². The molecule has 0 aliphatic rings. The average Bonchev–Trinajstić information content (AvgIpc) is 2.86. The molecule has 0 aromatic heterocycles. The van der Waals surface area contributed by atoms with Crippen molar-refractivity contribution in [3.05, 3.63) is 88.5 Å². The molecule has 3 aromatic rings. The summed E-state index contributed by atoms with van der Waals surface area (Å²) in [5.41, 5.74) is 5.44. The Labute approximate surface area is 189 Å². The zero-order valence-corrected chi connectivity index (χ0v) is 19.1. The molecule has 168 valence electrons. The molecule has 0 aliphatic carbocycles. The summed E-state index contributed by atoms with van der Waals surface area (Å²) >= 11 is 0. The summed E-state index contributed by atoms with van der Waals surface area (Å²) in [6, 6.07) is 19.9. The maximum absolute atomic E-state index is 11.6. The summed E-state index contributed by atoms with van der Waals surface area (Å²) in [5, 5.41) is 0. The summed E-state index contributed by atoms with van der Waals surface area (Å²) in [6.45, 7) is 0. The Morgan fingerprint density at radius 3 is 1.50 bits per heavy atom. The summed E-state index contributed by atoms with van der Waals surface area (Å²) in [5.74, 6) is 2.01. The van der Waals surface area contributed by atoms with Crippen molar-refractivity contribution in [2.24, 2.45) is 0 Å². The van der Waals surface area contributed by atoms with Gasteiger partial charge in [-0.05, 0) is 84.3 Å². The first-order valence-electron chi connectivity index (χ1n) is 10.6. The molecule has 0 heterocycles. The van der Waals surface area contributed by atoms with Gasteiger partial charge in [0.25, 0.3) is 0 Å². The molecule has 0 saturated heterocycles.